The Morgan fingerprint density at radius 3 is 2.46 bits per heavy atom. The van der Waals surface area contributed by atoms with Gasteiger partial charge >= 0.3 is 0 Å². The molecule has 0 aliphatic heterocycles. The van der Waals surface area contributed by atoms with E-state index < -0.39 is 5.60 Å². The van der Waals surface area contributed by atoms with Crippen LogP contribution in [-0.4, -0.2) is 17.0 Å². The van der Waals surface area contributed by atoms with Crippen LogP contribution >= 0.6 is 0 Å². The van der Waals surface area contributed by atoms with Gasteiger partial charge in [0.1, 0.15) is 5.60 Å². The highest BCUT2D eigenvalue weighted by Gasteiger charge is 2.23. The molecule has 0 aromatic rings. The predicted octanol–water partition coefficient (Wildman–Crippen LogP) is 2.54. The van der Waals surface area contributed by atoms with Gasteiger partial charge in [0.25, 0.3) is 0 Å². The van der Waals surface area contributed by atoms with Crippen molar-refractivity contribution in [1.82, 2.24) is 0 Å². The number of aliphatic hydroxyl groups is 1. The molecule has 0 aliphatic carbocycles. The molecule has 0 rings (SSSR count). The van der Waals surface area contributed by atoms with Gasteiger partial charge in [0, 0.05) is 0 Å². The third kappa shape index (κ3) is 5.81. The Labute approximate surface area is 81.3 Å². The number of carbonyl (C=O) groups excluding carboxylic acids is 1. The molecule has 2 heteroatoms. The fraction of sp³-hybridized carbons (Fsp3) is 0.909. The molecule has 0 spiro atoms. The molecule has 0 heterocycles. The van der Waals surface area contributed by atoms with Crippen LogP contribution < -0.4 is 0 Å². The molecule has 13 heavy (non-hydrogen) atoms. The maximum absolute atomic E-state index is 10.5. The minimum absolute atomic E-state index is 0.486. The summed E-state index contributed by atoms with van der Waals surface area (Å²) in [5.41, 5.74) is -1.12. The first-order chi connectivity index (χ1) is 6.05. The highest BCUT2D eigenvalue weighted by molar-refractivity contribution is 5.61. The zero-order valence-electron chi connectivity index (χ0n) is 9.05. The van der Waals surface area contributed by atoms with Crippen molar-refractivity contribution < 1.29 is 9.90 Å². The van der Waals surface area contributed by atoms with E-state index in [1.54, 1.807) is 6.92 Å². The average Bonchev–Trinajstić information content (AvgIpc) is 2.12. The monoisotopic (exact) mass is 186 g/mol. The Hall–Kier alpha value is -0.370. The van der Waals surface area contributed by atoms with E-state index >= 15 is 0 Å². The molecule has 78 valence electrons. The topological polar surface area (TPSA) is 37.3 Å². The van der Waals surface area contributed by atoms with E-state index in [-0.39, 0.29) is 0 Å². The lowest BCUT2D eigenvalue weighted by atomic mass is 9.88. The second-order valence-electron chi connectivity index (χ2n) is 4.10. The summed E-state index contributed by atoms with van der Waals surface area (Å²) in [5.74, 6) is 0.486. The zero-order chi connectivity index (χ0) is 10.3. The van der Waals surface area contributed by atoms with Crippen LogP contribution in [-0.2, 0) is 4.79 Å². The van der Waals surface area contributed by atoms with Crippen molar-refractivity contribution in [3.63, 3.8) is 0 Å². The number of unbranched alkanes of at least 4 members (excludes halogenated alkanes) is 1. The van der Waals surface area contributed by atoms with Crippen molar-refractivity contribution in [2.45, 2.75) is 58.5 Å². The first-order valence-electron chi connectivity index (χ1n) is 5.24. The second kappa shape index (κ2) is 6.14. The fourth-order valence-corrected chi connectivity index (χ4v) is 1.58. The first kappa shape index (κ1) is 12.6. The van der Waals surface area contributed by atoms with Gasteiger partial charge in [-0.05, 0) is 19.3 Å². The van der Waals surface area contributed by atoms with E-state index in [2.05, 4.69) is 13.8 Å². The van der Waals surface area contributed by atoms with E-state index in [0.29, 0.717) is 18.6 Å². The van der Waals surface area contributed by atoms with E-state index in [0.717, 1.165) is 12.8 Å². The highest BCUT2D eigenvalue weighted by Crippen LogP contribution is 2.22. The summed E-state index contributed by atoms with van der Waals surface area (Å²) in [6.07, 6.45) is 5.79. The summed E-state index contributed by atoms with van der Waals surface area (Å²) in [6.45, 7) is 5.86. The quantitative estimate of drug-likeness (QED) is 0.620. The summed E-state index contributed by atoms with van der Waals surface area (Å²) >= 11 is 0. The average molecular weight is 186 g/mol. The van der Waals surface area contributed by atoms with Crippen LogP contribution in [0.4, 0.5) is 0 Å². The molecule has 0 amide bonds. The Morgan fingerprint density at radius 2 is 2.08 bits per heavy atom. The molecular formula is C11H22O2. The van der Waals surface area contributed by atoms with Crippen LogP contribution in [0.3, 0.4) is 0 Å². The molecule has 1 N–H and O–H groups in total. The van der Waals surface area contributed by atoms with Gasteiger partial charge in [-0.15, -0.1) is 0 Å². The van der Waals surface area contributed by atoms with Crippen molar-refractivity contribution in [2.75, 3.05) is 0 Å². The molecule has 0 bridgehead atoms. The summed E-state index contributed by atoms with van der Waals surface area (Å²) < 4.78 is 0. The Kier molecular flexibility index (Phi) is 5.97. The lowest BCUT2D eigenvalue weighted by molar-refractivity contribution is -0.124. The molecule has 0 saturated carbocycles. The van der Waals surface area contributed by atoms with E-state index in [9.17, 15) is 9.90 Å². The van der Waals surface area contributed by atoms with E-state index in [1.165, 1.54) is 12.8 Å². The van der Waals surface area contributed by atoms with Gasteiger partial charge in [-0.1, -0.05) is 39.5 Å². The van der Waals surface area contributed by atoms with E-state index in [1.807, 2.05) is 0 Å². The standard InChI is InChI=1S/C11H22O2/c1-4-6-7-10(5-2)8-11(3,13)9-12/h9-10,13H,4-8H2,1-3H3. The molecule has 0 fully saturated rings. The number of rotatable bonds is 7. The predicted molar refractivity (Wildman–Crippen MR) is 54.6 cm³/mol. The fourth-order valence-electron chi connectivity index (χ4n) is 1.58. The van der Waals surface area contributed by atoms with Gasteiger partial charge in [0.2, 0.25) is 0 Å². The highest BCUT2D eigenvalue weighted by atomic mass is 16.3. The maximum atomic E-state index is 10.5. The summed E-state index contributed by atoms with van der Waals surface area (Å²) in [6, 6.07) is 0. The minimum Gasteiger partial charge on any atom is -0.383 e. The molecule has 2 nitrogen and oxygen atoms in total. The van der Waals surface area contributed by atoms with Gasteiger partial charge in [-0.25, -0.2) is 0 Å². The largest absolute Gasteiger partial charge is 0.383 e. The van der Waals surface area contributed by atoms with Gasteiger partial charge in [0.15, 0.2) is 6.29 Å². The third-order valence-corrected chi connectivity index (χ3v) is 2.50. The van der Waals surface area contributed by atoms with Crippen molar-refractivity contribution in [2.24, 2.45) is 5.92 Å². The third-order valence-electron chi connectivity index (χ3n) is 2.50. The van der Waals surface area contributed by atoms with Gasteiger partial charge in [-0.3, -0.25) is 0 Å². The lowest BCUT2D eigenvalue weighted by Crippen LogP contribution is -2.29. The van der Waals surface area contributed by atoms with Crippen LogP contribution in [0.1, 0.15) is 52.9 Å². The van der Waals surface area contributed by atoms with Crippen LogP contribution in [0.5, 0.6) is 0 Å². The molecular weight excluding hydrogens is 164 g/mol. The van der Waals surface area contributed by atoms with Crippen LogP contribution in [0, 0.1) is 5.92 Å². The van der Waals surface area contributed by atoms with Crippen molar-refractivity contribution in [3.05, 3.63) is 0 Å². The smallest absolute Gasteiger partial charge is 0.151 e. The number of hydrogen-bond donors (Lipinski definition) is 1. The van der Waals surface area contributed by atoms with Crippen LogP contribution in [0.15, 0.2) is 0 Å². The Balaban J connectivity index is 3.89. The second-order valence-corrected chi connectivity index (χ2v) is 4.10. The molecule has 0 radical (unpaired) electrons. The minimum atomic E-state index is -1.12. The van der Waals surface area contributed by atoms with Crippen LogP contribution in [0.25, 0.3) is 0 Å². The zero-order valence-corrected chi connectivity index (χ0v) is 9.05. The number of carbonyl (C=O) groups is 1. The molecule has 0 saturated heterocycles. The van der Waals surface area contributed by atoms with E-state index in [4.69, 9.17) is 0 Å². The number of aldehydes is 1. The van der Waals surface area contributed by atoms with Gasteiger partial charge in [-0.2, -0.15) is 0 Å². The first-order valence-corrected chi connectivity index (χ1v) is 5.24. The normalized spacial score (nSPS) is 17.8. The SMILES string of the molecule is CCCCC(CC)CC(C)(O)C=O. The summed E-state index contributed by atoms with van der Waals surface area (Å²) in [5, 5.41) is 9.56. The van der Waals surface area contributed by atoms with Crippen molar-refractivity contribution in [1.29, 1.82) is 0 Å². The lowest BCUT2D eigenvalue weighted by Gasteiger charge is -2.22. The van der Waals surface area contributed by atoms with Crippen molar-refractivity contribution >= 4 is 6.29 Å². The Bertz CT molecular complexity index is 141. The van der Waals surface area contributed by atoms with Gasteiger partial charge in [0.05, 0.1) is 0 Å². The molecule has 2 unspecified atom stereocenters. The van der Waals surface area contributed by atoms with Crippen LogP contribution in [0.2, 0.25) is 0 Å². The van der Waals surface area contributed by atoms with Crippen molar-refractivity contribution in [3.8, 4) is 0 Å². The molecule has 0 aromatic carbocycles. The molecule has 0 aromatic heterocycles. The molecule has 0 aliphatic rings. The molecule has 2 atom stereocenters. The summed E-state index contributed by atoms with van der Waals surface area (Å²) in [4.78, 5) is 10.5. The maximum Gasteiger partial charge on any atom is 0.151 e. The Morgan fingerprint density at radius 1 is 1.46 bits per heavy atom. The summed E-state index contributed by atoms with van der Waals surface area (Å²) in [7, 11) is 0. The number of hydrogen-bond acceptors (Lipinski definition) is 2. The van der Waals surface area contributed by atoms with Gasteiger partial charge < -0.3 is 9.90 Å².